The summed E-state index contributed by atoms with van der Waals surface area (Å²) in [5, 5.41) is 0. The second-order valence-corrected chi connectivity index (χ2v) is 7.19. The number of H-pyrrole nitrogens is 1. The molecule has 0 aromatic carbocycles. The highest BCUT2D eigenvalue weighted by Crippen LogP contribution is 2.23. The first-order valence-corrected chi connectivity index (χ1v) is 8.17. The van der Waals surface area contributed by atoms with Crippen molar-refractivity contribution >= 4 is 17.1 Å². The van der Waals surface area contributed by atoms with Crippen LogP contribution < -0.4 is 0 Å². The zero-order chi connectivity index (χ0) is 16.4. The van der Waals surface area contributed by atoms with Crippen LogP contribution in [0.5, 0.6) is 0 Å². The molecule has 2 aromatic rings. The van der Waals surface area contributed by atoms with Crippen molar-refractivity contribution in [1.29, 1.82) is 0 Å². The molecule has 0 aliphatic carbocycles. The minimum Gasteiger partial charge on any atom is -0.444 e. The first-order chi connectivity index (χ1) is 10.9. The van der Waals surface area contributed by atoms with Gasteiger partial charge in [0.05, 0.1) is 17.2 Å². The number of hydrogen-bond acceptors (Lipinski definition) is 4. The standard InChI is InChI=1S/C17H24N4O2/c1-17(2,3)23-16(22)21-8-5-12(6-9-21)10-15-19-13-4-7-18-11-14(13)20-15/h4,7,11-12H,5-6,8-10H2,1-3H3,(H,19,20). The summed E-state index contributed by atoms with van der Waals surface area (Å²) >= 11 is 0. The third kappa shape index (κ3) is 4.00. The van der Waals surface area contributed by atoms with Crippen molar-refractivity contribution < 1.29 is 9.53 Å². The SMILES string of the molecule is CC(C)(C)OC(=O)N1CCC(Cc2nc3ccncc3[nH]2)CC1. The van der Waals surface area contributed by atoms with Crippen LogP contribution in [0.15, 0.2) is 18.5 Å². The number of pyridine rings is 1. The van der Waals surface area contributed by atoms with E-state index in [0.29, 0.717) is 5.92 Å². The highest BCUT2D eigenvalue weighted by Gasteiger charge is 2.27. The molecule has 0 atom stereocenters. The Bertz CT molecular complexity index is 648. The Kier molecular flexibility index (Phi) is 4.24. The Morgan fingerprint density at radius 2 is 2.13 bits per heavy atom. The fraction of sp³-hybridized carbons (Fsp3) is 0.588. The van der Waals surface area contributed by atoms with Crippen LogP contribution in [0.2, 0.25) is 0 Å². The van der Waals surface area contributed by atoms with Gasteiger partial charge in [-0.25, -0.2) is 9.78 Å². The van der Waals surface area contributed by atoms with Gasteiger partial charge >= 0.3 is 6.09 Å². The zero-order valence-corrected chi connectivity index (χ0v) is 14.0. The molecule has 1 amide bonds. The Balaban J connectivity index is 1.54. The number of likely N-dealkylation sites (tertiary alicyclic amines) is 1. The summed E-state index contributed by atoms with van der Waals surface area (Å²) in [5.74, 6) is 1.55. The lowest BCUT2D eigenvalue weighted by atomic mass is 9.93. The molecule has 6 heteroatoms. The molecule has 0 unspecified atom stereocenters. The number of hydrogen-bond donors (Lipinski definition) is 1. The number of ether oxygens (including phenoxy) is 1. The minimum atomic E-state index is -0.434. The summed E-state index contributed by atoms with van der Waals surface area (Å²) < 4.78 is 5.43. The van der Waals surface area contributed by atoms with Crippen LogP contribution in [-0.4, -0.2) is 44.6 Å². The third-order valence-electron chi connectivity index (χ3n) is 4.08. The summed E-state index contributed by atoms with van der Waals surface area (Å²) in [6.45, 7) is 7.19. The smallest absolute Gasteiger partial charge is 0.410 e. The first kappa shape index (κ1) is 15.8. The number of amides is 1. The summed E-state index contributed by atoms with van der Waals surface area (Å²) in [5.41, 5.74) is 1.51. The van der Waals surface area contributed by atoms with Gasteiger partial charge in [0.15, 0.2) is 0 Å². The largest absolute Gasteiger partial charge is 0.444 e. The van der Waals surface area contributed by atoms with Gasteiger partial charge in [0.1, 0.15) is 11.4 Å². The molecule has 0 bridgehead atoms. The van der Waals surface area contributed by atoms with Crippen molar-refractivity contribution in [2.45, 2.75) is 45.6 Å². The van der Waals surface area contributed by atoms with Crippen LogP contribution in [0, 0.1) is 5.92 Å². The van der Waals surface area contributed by atoms with E-state index in [1.54, 1.807) is 12.4 Å². The normalized spacial score (nSPS) is 16.7. The molecule has 6 nitrogen and oxygen atoms in total. The number of piperidine rings is 1. The first-order valence-electron chi connectivity index (χ1n) is 8.17. The predicted octanol–water partition coefficient (Wildman–Crippen LogP) is 3.15. The van der Waals surface area contributed by atoms with Crippen LogP contribution >= 0.6 is 0 Å². The number of nitrogens with zero attached hydrogens (tertiary/aromatic N) is 3. The lowest BCUT2D eigenvalue weighted by Gasteiger charge is -2.33. The monoisotopic (exact) mass is 316 g/mol. The van der Waals surface area contributed by atoms with Crippen molar-refractivity contribution in [2.24, 2.45) is 5.92 Å². The molecular formula is C17H24N4O2. The molecular weight excluding hydrogens is 292 g/mol. The molecule has 1 aliphatic rings. The average Bonchev–Trinajstić information content (AvgIpc) is 2.88. The van der Waals surface area contributed by atoms with Crippen LogP contribution in [0.25, 0.3) is 11.0 Å². The quantitative estimate of drug-likeness (QED) is 0.924. The van der Waals surface area contributed by atoms with E-state index in [2.05, 4.69) is 15.0 Å². The lowest BCUT2D eigenvalue weighted by Crippen LogP contribution is -2.42. The molecule has 1 N–H and O–H groups in total. The topological polar surface area (TPSA) is 71.1 Å². The van der Waals surface area contributed by atoms with Crippen LogP contribution in [-0.2, 0) is 11.2 Å². The Labute approximate surface area is 136 Å². The number of nitrogens with one attached hydrogen (secondary N) is 1. The van der Waals surface area contributed by atoms with Crippen LogP contribution in [0.4, 0.5) is 4.79 Å². The fourth-order valence-corrected chi connectivity index (χ4v) is 2.93. The molecule has 3 rings (SSSR count). The van der Waals surface area contributed by atoms with Crippen LogP contribution in [0.1, 0.15) is 39.4 Å². The van der Waals surface area contributed by atoms with Gasteiger partial charge in [-0.1, -0.05) is 0 Å². The van der Waals surface area contributed by atoms with E-state index >= 15 is 0 Å². The molecule has 0 spiro atoms. The molecule has 1 saturated heterocycles. The molecule has 1 aliphatic heterocycles. The minimum absolute atomic E-state index is 0.203. The van der Waals surface area contributed by atoms with Crippen molar-refractivity contribution in [3.8, 4) is 0 Å². The maximum Gasteiger partial charge on any atom is 0.410 e. The third-order valence-corrected chi connectivity index (χ3v) is 4.08. The highest BCUT2D eigenvalue weighted by atomic mass is 16.6. The molecule has 0 radical (unpaired) electrons. The molecule has 2 aromatic heterocycles. The second kappa shape index (κ2) is 6.18. The van der Waals surface area contributed by atoms with Crippen LogP contribution in [0.3, 0.4) is 0 Å². The zero-order valence-electron chi connectivity index (χ0n) is 14.0. The summed E-state index contributed by atoms with van der Waals surface area (Å²) in [4.78, 5) is 25.9. The van der Waals surface area contributed by atoms with E-state index in [-0.39, 0.29) is 6.09 Å². The molecule has 124 valence electrons. The van der Waals surface area contributed by atoms with E-state index in [9.17, 15) is 4.79 Å². The van der Waals surface area contributed by atoms with Crippen molar-refractivity contribution in [3.05, 3.63) is 24.3 Å². The van der Waals surface area contributed by atoms with Crippen molar-refractivity contribution in [1.82, 2.24) is 19.9 Å². The number of rotatable bonds is 2. The van der Waals surface area contributed by atoms with Gasteiger partial charge in [-0.3, -0.25) is 4.98 Å². The van der Waals surface area contributed by atoms with Gasteiger partial charge in [0.2, 0.25) is 0 Å². The highest BCUT2D eigenvalue weighted by molar-refractivity contribution is 5.73. The molecule has 0 saturated carbocycles. The molecule has 3 heterocycles. The average molecular weight is 316 g/mol. The summed E-state index contributed by atoms with van der Waals surface area (Å²) in [6, 6.07) is 1.92. The number of carbonyl (C=O) groups excluding carboxylic acids is 1. The van der Waals surface area contributed by atoms with E-state index in [1.807, 2.05) is 31.7 Å². The van der Waals surface area contributed by atoms with E-state index in [0.717, 1.165) is 49.2 Å². The van der Waals surface area contributed by atoms with Gasteiger partial charge < -0.3 is 14.6 Å². The van der Waals surface area contributed by atoms with Crippen molar-refractivity contribution in [2.75, 3.05) is 13.1 Å². The van der Waals surface area contributed by atoms with E-state index in [4.69, 9.17) is 4.74 Å². The number of fused-ring (bicyclic) bond motifs is 1. The van der Waals surface area contributed by atoms with Gasteiger partial charge in [-0.15, -0.1) is 0 Å². The number of carbonyl (C=O) groups is 1. The summed E-state index contributed by atoms with van der Waals surface area (Å²) in [7, 11) is 0. The maximum absolute atomic E-state index is 12.1. The van der Waals surface area contributed by atoms with Gasteiger partial charge in [-0.05, 0) is 45.6 Å². The molecule has 1 fully saturated rings. The Morgan fingerprint density at radius 1 is 1.39 bits per heavy atom. The molecule has 23 heavy (non-hydrogen) atoms. The number of aromatic nitrogens is 3. The van der Waals surface area contributed by atoms with E-state index in [1.165, 1.54) is 0 Å². The fourth-order valence-electron chi connectivity index (χ4n) is 2.93. The second-order valence-electron chi connectivity index (χ2n) is 7.19. The number of aromatic amines is 1. The Hall–Kier alpha value is -2.11. The predicted molar refractivity (Wildman–Crippen MR) is 88.1 cm³/mol. The maximum atomic E-state index is 12.1. The van der Waals surface area contributed by atoms with Gasteiger partial charge in [-0.2, -0.15) is 0 Å². The van der Waals surface area contributed by atoms with Gasteiger partial charge in [0.25, 0.3) is 0 Å². The van der Waals surface area contributed by atoms with E-state index < -0.39 is 5.60 Å². The Morgan fingerprint density at radius 3 is 2.78 bits per heavy atom. The summed E-state index contributed by atoms with van der Waals surface area (Å²) in [6.07, 6.45) is 6.23. The number of imidazole rings is 1. The van der Waals surface area contributed by atoms with Crippen molar-refractivity contribution in [3.63, 3.8) is 0 Å². The van der Waals surface area contributed by atoms with Gasteiger partial charge in [0, 0.05) is 25.7 Å². The lowest BCUT2D eigenvalue weighted by molar-refractivity contribution is 0.0184.